The maximum Gasteiger partial charge on any atom is 0.202 e. The Labute approximate surface area is 110 Å². The van der Waals surface area contributed by atoms with Gasteiger partial charge in [0.2, 0.25) is 5.95 Å². The summed E-state index contributed by atoms with van der Waals surface area (Å²) in [6, 6.07) is 5.72. The van der Waals surface area contributed by atoms with Gasteiger partial charge in [0.15, 0.2) is 5.65 Å². The Kier molecular flexibility index (Phi) is 2.63. The van der Waals surface area contributed by atoms with Gasteiger partial charge >= 0.3 is 0 Å². The molecule has 0 unspecified atom stereocenters. The predicted molar refractivity (Wildman–Crippen MR) is 72.5 cm³/mol. The number of pyridine rings is 1. The van der Waals surface area contributed by atoms with Gasteiger partial charge in [-0.05, 0) is 32.0 Å². The van der Waals surface area contributed by atoms with Gasteiger partial charge in [-0.3, -0.25) is 4.57 Å². The Hall–Kier alpha value is -2.50. The minimum absolute atomic E-state index is 0.448. The summed E-state index contributed by atoms with van der Waals surface area (Å²) in [5, 5.41) is 0. The first kappa shape index (κ1) is 11.6. The van der Waals surface area contributed by atoms with E-state index in [4.69, 9.17) is 5.73 Å². The van der Waals surface area contributed by atoms with Gasteiger partial charge in [0.1, 0.15) is 11.3 Å². The molecule has 0 bridgehead atoms. The summed E-state index contributed by atoms with van der Waals surface area (Å²) >= 11 is 0. The Morgan fingerprint density at radius 1 is 1.11 bits per heavy atom. The zero-order valence-corrected chi connectivity index (χ0v) is 10.8. The highest BCUT2D eigenvalue weighted by Gasteiger charge is 2.10. The third-order valence-electron chi connectivity index (χ3n) is 2.91. The number of aromatic nitrogens is 5. The van der Waals surface area contributed by atoms with Crippen molar-refractivity contribution in [3.05, 3.63) is 41.6 Å². The quantitative estimate of drug-likeness (QED) is 0.748. The van der Waals surface area contributed by atoms with E-state index in [-0.39, 0.29) is 0 Å². The Morgan fingerprint density at radius 2 is 1.95 bits per heavy atom. The van der Waals surface area contributed by atoms with Crippen LogP contribution in [0.15, 0.2) is 24.4 Å². The third kappa shape index (κ3) is 2.12. The molecule has 0 aliphatic heterocycles. The second kappa shape index (κ2) is 4.31. The third-order valence-corrected chi connectivity index (χ3v) is 2.91. The van der Waals surface area contributed by atoms with Crippen LogP contribution in [0, 0.1) is 13.8 Å². The summed E-state index contributed by atoms with van der Waals surface area (Å²) in [5.41, 5.74) is 9.37. The van der Waals surface area contributed by atoms with Crippen molar-refractivity contribution < 1.29 is 0 Å². The fourth-order valence-corrected chi connectivity index (χ4v) is 2.02. The molecule has 3 heterocycles. The van der Waals surface area contributed by atoms with Crippen molar-refractivity contribution in [1.82, 2.24) is 24.5 Å². The summed E-state index contributed by atoms with van der Waals surface area (Å²) in [6.45, 7) is 4.35. The van der Waals surface area contributed by atoms with Crippen molar-refractivity contribution in [2.45, 2.75) is 20.4 Å². The topological polar surface area (TPSA) is 82.5 Å². The van der Waals surface area contributed by atoms with Gasteiger partial charge < -0.3 is 5.73 Å². The number of nitrogens with two attached hydrogens (primary N) is 1. The number of rotatable bonds is 2. The molecule has 3 aromatic rings. The number of nitrogens with zero attached hydrogens (tertiary/aromatic N) is 5. The number of hydrogen-bond acceptors (Lipinski definition) is 5. The summed E-state index contributed by atoms with van der Waals surface area (Å²) in [4.78, 5) is 17.3. The molecule has 19 heavy (non-hydrogen) atoms. The number of anilines is 1. The molecule has 0 radical (unpaired) electrons. The smallest absolute Gasteiger partial charge is 0.202 e. The number of nitrogen functional groups attached to an aromatic ring is 1. The molecule has 0 fully saturated rings. The van der Waals surface area contributed by atoms with Gasteiger partial charge in [0, 0.05) is 11.9 Å². The van der Waals surface area contributed by atoms with Crippen LogP contribution < -0.4 is 5.73 Å². The van der Waals surface area contributed by atoms with E-state index in [1.54, 1.807) is 6.20 Å². The summed E-state index contributed by atoms with van der Waals surface area (Å²) < 4.78 is 1.87. The van der Waals surface area contributed by atoms with E-state index >= 15 is 0 Å². The maximum atomic E-state index is 5.96. The average Bonchev–Trinajstić information content (AvgIpc) is 2.66. The van der Waals surface area contributed by atoms with Crippen molar-refractivity contribution >= 4 is 17.1 Å². The van der Waals surface area contributed by atoms with Gasteiger partial charge in [-0.2, -0.15) is 0 Å². The van der Waals surface area contributed by atoms with Crippen molar-refractivity contribution in [2.75, 3.05) is 5.73 Å². The lowest BCUT2D eigenvalue weighted by Crippen LogP contribution is -2.07. The largest absolute Gasteiger partial charge is 0.369 e. The van der Waals surface area contributed by atoms with E-state index < -0.39 is 0 Å². The van der Waals surface area contributed by atoms with Crippen molar-refractivity contribution in [2.24, 2.45) is 0 Å². The molecule has 0 aromatic carbocycles. The molecule has 0 saturated heterocycles. The van der Waals surface area contributed by atoms with Crippen molar-refractivity contribution in [1.29, 1.82) is 0 Å². The zero-order chi connectivity index (χ0) is 13.4. The summed E-state index contributed by atoms with van der Waals surface area (Å²) in [6.07, 6.45) is 1.74. The van der Waals surface area contributed by atoms with Gasteiger partial charge in [0.05, 0.1) is 12.2 Å². The standard InChI is InChI=1S/C13H14N6/c1-8-3-4-11-12(16-8)19(13(14)18-11)7-10-5-6-15-9(2)17-10/h3-6H,7H2,1-2H3,(H2,14,18). The monoisotopic (exact) mass is 254 g/mol. The Balaban J connectivity index is 2.09. The molecule has 3 aromatic heterocycles. The highest BCUT2D eigenvalue weighted by atomic mass is 15.2. The second-order valence-electron chi connectivity index (χ2n) is 4.45. The molecule has 96 valence electrons. The summed E-state index contributed by atoms with van der Waals surface area (Å²) in [5.74, 6) is 1.19. The molecule has 6 nitrogen and oxygen atoms in total. The zero-order valence-electron chi connectivity index (χ0n) is 10.8. The van der Waals surface area contributed by atoms with E-state index in [1.165, 1.54) is 0 Å². The first-order chi connectivity index (χ1) is 9.13. The molecular formula is C13H14N6. The first-order valence-electron chi connectivity index (χ1n) is 6.01. The van der Waals surface area contributed by atoms with Crippen LogP contribution in [0.25, 0.3) is 11.2 Å². The fourth-order valence-electron chi connectivity index (χ4n) is 2.02. The van der Waals surface area contributed by atoms with Crippen LogP contribution >= 0.6 is 0 Å². The normalized spacial score (nSPS) is 11.1. The van der Waals surface area contributed by atoms with Crippen LogP contribution in [0.4, 0.5) is 5.95 Å². The van der Waals surface area contributed by atoms with Crippen LogP contribution in [0.2, 0.25) is 0 Å². The van der Waals surface area contributed by atoms with Crippen LogP contribution in [-0.2, 0) is 6.54 Å². The van der Waals surface area contributed by atoms with Crippen molar-refractivity contribution in [3.8, 4) is 0 Å². The molecule has 0 atom stereocenters. The molecule has 6 heteroatoms. The van der Waals surface area contributed by atoms with Crippen LogP contribution in [0.5, 0.6) is 0 Å². The van der Waals surface area contributed by atoms with Gasteiger partial charge in [-0.15, -0.1) is 0 Å². The van der Waals surface area contributed by atoms with Crippen molar-refractivity contribution in [3.63, 3.8) is 0 Å². The summed E-state index contributed by atoms with van der Waals surface area (Å²) in [7, 11) is 0. The minimum atomic E-state index is 0.448. The number of fused-ring (bicyclic) bond motifs is 1. The number of hydrogen-bond donors (Lipinski definition) is 1. The predicted octanol–water partition coefficient (Wildman–Crippen LogP) is 1.47. The molecule has 0 saturated carbocycles. The minimum Gasteiger partial charge on any atom is -0.369 e. The number of imidazole rings is 1. The highest BCUT2D eigenvalue weighted by molar-refractivity contribution is 5.74. The van der Waals surface area contributed by atoms with Gasteiger partial charge in [-0.25, -0.2) is 19.9 Å². The lowest BCUT2D eigenvalue weighted by molar-refractivity contribution is 0.786. The molecule has 0 amide bonds. The fraction of sp³-hybridized carbons (Fsp3) is 0.231. The Morgan fingerprint density at radius 3 is 2.74 bits per heavy atom. The van der Waals surface area contributed by atoms with Crippen LogP contribution in [0.3, 0.4) is 0 Å². The van der Waals surface area contributed by atoms with E-state index in [2.05, 4.69) is 19.9 Å². The van der Waals surface area contributed by atoms with Crippen LogP contribution in [0.1, 0.15) is 17.2 Å². The Bertz CT molecular complexity index is 746. The van der Waals surface area contributed by atoms with Gasteiger partial charge in [0.25, 0.3) is 0 Å². The highest BCUT2D eigenvalue weighted by Crippen LogP contribution is 2.17. The van der Waals surface area contributed by atoms with E-state index in [0.29, 0.717) is 12.5 Å². The molecule has 3 rings (SSSR count). The molecule has 2 N–H and O–H groups in total. The average molecular weight is 254 g/mol. The molecule has 0 aliphatic carbocycles. The van der Waals surface area contributed by atoms with E-state index in [0.717, 1.165) is 28.4 Å². The molecular weight excluding hydrogens is 240 g/mol. The second-order valence-corrected chi connectivity index (χ2v) is 4.45. The van der Waals surface area contributed by atoms with Gasteiger partial charge in [-0.1, -0.05) is 0 Å². The lowest BCUT2D eigenvalue weighted by atomic mass is 10.3. The lowest BCUT2D eigenvalue weighted by Gasteiger charge is -2.06. The maximum absolute atomic E-state index is 5.96. The SMILES string of the molecule is Cc1ccc2nc(N)n(Cc3ccnc(C)n3)c2n1. The van der Waals surface area contributed by atoms with E-state index in [9.17, 15) is 0 Å². The number of aryl methyl sites for hydroxylation is 2. The first-order valence-corrected chi connectivity index (χ1v) is 6.01. The molecule has 0 aliphatic rings. The van der Waals surface area contributed by atoms with E-state index in [1.807, 2.05) is 36.6 Å². The van der Waals surface area contributed by atoms with Crippen LogP contribution in [-0.4, -0.2) is 24.5 Å². The molecule has 0 spiro atoms.